The molecular weight excluding hydrogens is 831 g/mol. The van der Waals surface area contributed by atoms with Crippen LogP contribution < -0.4 is 27.4 Å². The lowest BCUT2D eigenvalue weighted by Gasteiger charge is -2.34. The molecule has 7 N–H and O–H groups in total. The van der Waals surface area contributed by atoms with Crippen molar-refractivity contribution >= 4 is 47.3 Å². The smallest absolute Gasteiger partial charge is 0.338 e. The number of esters is 2. The topological polar surface area (TPSA) is 288 Å². The van der Waals surface area contributed by atoms with E-state index in [9.17, 15) is 43.7 Å². The van der Waals surface area contributed by atoms with E-state index in [1.165, 1.54) is 16.7 Å². The molecule has 0 radical (unpaired) electrons. The normalized spacial score (nSPS) is 18.0. The van der Waals surface area contributed by atoms with Crippen molar-refractivity contribution in [3.8, 4) is 0 Å². The number of benzene rings is 2. The lowest BCUT2D eigenvalue weighted by molar-refractivity contribution is -0.485. The number of hydrogen-bond acceptors (Lipinski definition) is 12. The number of nitrogens with zero attached hydrogens (tertiary/aromatic N) is 4. The van der Waals surface area contributed by atoms with E-state index in [4.69, 9.17) is 20.9 Å². The van der Waals surface area contributed by atoms with Crippen molar-refractivity contribution < 1.29 is 48.1 Å². The van der Waals surface area contributed by atoms with Gasteiger partial charge in [-0.3, -0.25) is 28.8 Å². The zero-order valence-corrected chi connectivity index (χ0v) is 36.5. The second-order valence-corrected chi connectivity index (χ2v) is 15.9. The maximum Gasteiger partial charge on any atom is 0.338 e. The Hall–Kier alpha value is -6.44. The van der Waals surface area contributed by atoms with E-state index in [0.29, 0.717) is 32.1 Å². The number of ketones is 1. The molecule has 20 nitrogen and oxygen atoms in total. The molecule has 0 saturated carbocycles. The first-order valence-corrected chi connectivity index (χ1v) is 21.9. The summed E-state index contributed by atoms with van der Waals surface area (Å²) in [5.41, 5.74) is 12.1. The Bertz CT molecular complexity index is 1950. The molecule has 4 rings (SSSR count). The predicted octanol–water partition coefficient (Wildman–Crippen LogP) is 1.92. The third-order valence-corrected chi connectivity index (χ3v) is 11.2. The van der Waals surface area contributed by atoms with Gasteiger partial charge in [-0.2, -0.15) is 0 Å². The van der Waals surface area contributed by atoms with Crippen molar-refractivity contribution in [3.63, 3.8) is 0 Å². The molecule has 2 fully saturated rings. The minimum absolute atomic E-state index is 0.0196. The van der Waals surface area contributed by atoms with Gasteiger partial charge in [0.1, 0.15) is 35.9 Å². The molecule has 0 spiro atoms. The van der Waals surface area contributed by atoms with E-state index in [-0.39, 0.29) is 63.3 Å². The Kier molecular flexibility index (Phi) is 20.1. The van der Waals surface area contributed by atoms with Crippen LogP contribution in [-0.4, -0.2) is 119 Å². The molecule has 0 aliphatic carbocycles. The van der Waals surface area contributed by atoms with Crippen molar-refractivity contribution in [2.75, 3.05) is 26.2 Å². The number of hydrazone groups is 1. The molecule has 2 aromatic rings. The number of amides is 4. The van der Waals surface area contributed by atoms with Gasteiger partial charge in [0, 0.05) is 26.1 Å². The van der Waals surface area contributed by atoms with Crippen molar-refractivity contribution in [2.45, 2.75) is 121 Å². The number of nitro groups is 1. The van der Waals surface area contributed by atoms with Crippen LogP contribution in [0, 0.1) is 16.0 Å². The van der Waals surface area contributed by atoms with Crippen molar-refractivity contribution in [1.82, 2.24) is 25.8 Å². The molecule has 348 valence electrons. The van der Waals surface area contributed by atoms with E-state index in [0.717, 1.165) is 18.4 Å². The van der Waals surface area contributed by atoms with E-state index in [1.807, 2.05) is 13.0 Å². The molecule has 2 saturated heterocycles. The Morgan fingerprint density at radius 2 is 1.55 bits per heavy atom. The zero-order valence-electron chi connectivity index (χ0n) is 36.5. The summed E-state index contributed by atoms with van der Waals surface area (Å²) in [5, 5.41) is 20.6. The number of carbonyl (C=O) groups is 7. The van der Waals surface area contributed by atoms with Crippen LogP contribution in [-0.2, 0) is 44.8 Å². The average Bonchev–Trinajstić information content (AvgIpc) is 3.99. The van der Waals surface area contributed by atoms with E-state index in [1.54, 1.807) is 54.6 Å². The van der Waals surface area contributed by atoms with Gasteiger partial charge in [-0.1, -0.05) is 74.7 Å². The summed E-state index contributed by atoms with van der Waals surface area (Å²) in [6.07, 6.45) is 3.09. The number of guanidine groups is 1. The molecule has 64 heavy (non-hydrogen) atoms. The van der Waals surface area contributed by atoms with Gasteiger partial charge in [0.25, 0.3) is 5.96 Å². The van der Waals surface area contributed by atoms with Gasteiger partial charge in [0.2, 0.25) is 23.6 Å². The Balaban J connectivity index is 1.47. The largest absolute Gasteiger partial charge is 0.461 e. The number of Topliss-reactive ketones (excluding diaryl/α,β-unsaturated/α-hetero) is 1. The van der Waals surface area contributed by atoms with Crippen LogP contribution in [0.2, 0.25) is 0 Å². The first-order chi connectivity index (χ1) is 30.7. The minimum Gasteiger partial charge on any atom is -0.461 e. The van der Waals surface area contributed by atoms with Crippen LogP contribution in [0.25, 0.3) is 0 Å². The highest BCUT2D eigenvalue weighted by atomic mass is 16.7. The standard InChI is InChI=1S/C44H61N9O11/c1-3-4-7-20-33(48-39(56)38(49-37(55)27-45)29(2)64-43(60)31-17-10-6-11-18-31)40(57)52-25-14-22-35(52)41(58)51-24-13-21-34(51)36(54)26-32(19-12-23-47-44(46)50-53(61)62)42(59)63-28-30-15-8-5-9-16-30/h5-6,8-11,15-18,29,32-35,38H,3-4,7,12-14,19-28,45H2,1-2H3,(H,48,56)(H,49,55)(H3,46,47,50). The molecule has 20 heteroatoms. The van der Waals surface area contributed by atoms with Gasteiger partial charge in [0.05, 0.1) is 24.1 Å². The van der Waals surface area contributed by atoms with Crippen LogP contribution >= 0.6 is 0 Å². The van der Waals surface area contributed by atoms with Crippen LogP contribution in [0.3, 0.4) is 0 Å². The molecule has 2 aliphatic rings. The number of nitrogens with one attached hydrogen (secondary N) is 3. The number of nitrogens with two attached hydrogens (primary N) is 2. The molecule has 6 unspecified atom stereocenters. The highest BCUT2D eigenvalue weighted by molar-refractivity contribution is 5.97. The fourth-order valence-electron chi connectivity index (χ4n) is 7.89. The first kappa shape index (κ1) is 50.2. The summed E-state index contributed by atoms with van der Waals surface area (Å²) in [5.74, 6) is -5.37. The number of ether oxygens (including phenoxy) is 2. The van der Waals surface area contributed by atoms with Crippen molar-refractivity contribution in [1.29, 1.82) is 0 Å². The third-order valence-electron chi connectivity index (χ3n) is 11.2. The molecule has 4 amide bonds. The molecule has 2 heterocycles. The second-order valence-electron chi connectivity index (χ2n) is 15.9. The number of hydrogen-bond donors (Lipinski definition) is 5. The van der Waals surface area contributed by atoms with E-state index < -0.39 is 89.3 Å². The number of rotatable bonds is 24. The summed E-state index contributed by atoms with van der Waals surface area (Å²) < 4.78 is 11.2. The van der Waals surface area contributed by atoms with Gasteiger partial charge in [-0.15, -0.1) is 0 Å². The number of unbranched alkanes of at least 4 members (excludes halogenated alkanes) is 2. The van der Waals surface area contributed by atoms with Crippen molar-refractivity contribution in [2.24, 2.45) is 22.5 Å². The first-order valence-electron chi connectivity index (χ1n) is 21.9. The molecule has 0 aromatic heterocycles. The summed E-state index contributed by atoms with van der Waals surface area (Å²) in [7, 11) is 0. The average molecular weight is 892 g/mol. The van der Waals surface area contributed by atoms with Crippen molar-refractivity contribution in [3.05, 3.63) is 81.9 Å². The van der Waals surface area contributed by atoms with Crippen LogP contribution in [0.15, 0.2) is 65.8 Å². The molecule has 0 bridgehead atoms. The van der Waals surface area contributed by atoms with Gasteiger partial charge >= 0.3 is 11.9 Å². The fourth-order valence-corrected chi connectivity index (χ4v) is 7.89. The number of likely N-dealkylation sites (tertiary alicyclic amines) is 2. The van der Waals surface area contributed by atoms with Gasteiger partial charge in [-0.05, 0) is 69.6 Å². The summed E-state index contributed by atoms with van der Waals surface area (Å²) >= 11 is 0. The molecular formula is C44H61N9O11. The lowest BCUT2D eigenvalue weighted by atomic mass is 9.93. The van der Waals surface area contributed by atoms with E-state index >= 15 is 0 Å². The molecule has 2 aromatic carbocycles. The van der Waals surface area contributed by atoms with E-state index in [2.05, 4.69) is 21.1 Å². The zero-order chi connectivity index (χ0) is 46.6. The Morgan fingerprint density at radius 3 is 2.20 bits per heavy atom. The van der Waals surface area contributed by atoms with Crippen LogP contribution in [0.4, 0.5) is 0 Å². The third kappa shape index (κ3) is 15.1. The highest BCUT2D eigenvalue weighted by Gasteiger charge is 2.44. The summed E-state index contributed by atoms with van der Waals surface area (Å²) in [6, 6.07) is 12.8. The van der Waals surface area contributed by atoms with Crippen LogP contribution in [0.5, 0.6) is 0 Å². The van der Waals surface area contributed by atoms with Gasteiger partial charge in [-0.25, -0.2) is 14.9 Å². The SMILES string of the molecule is CCCCCC(NC(=O)C(NC(=O)CN)C(C)OC(=O)c1ccccc1)C(=O)N1CCCC1C(=O)N1CCCC1C(=O)CC(CCCN/C(N)=N\[N+](=O)[O-])C(=O)OCc1ccccc1. The Morgan fingerprint density at radius 1 is 0.891 bits per heavy atom. The lowest BCUT2D eigenvalue weighted by Crippen LogP contribution is -2.60. The van der Waals surface area contributed by atoms with Gasteiger partial charge < -0.3 is 46.7 Å². The molecule has 6 atom stereocenters. The maximum atomic E-state index is 14.4. The summed E-state index contributed by atoms with van der Waals surface area (Å²) in [6.45, 7) is 3.57. The monoisotopic (exact) mass is 891 g/mol. The van der Waals surface area contributed by atoms with Gasteiger partial charge in [0.15, 0.2) is 10.8 Å². The summed E-state index contributed by atoms with van der Waals surface area (Å²) in [4.78, 5) is 109. The fraction of sp³-hybridized carbons (Fsp3) is 0.545. The predicted molar refractivity (Wildman–Crippen MR) is 233 cm³/mol. The quantitative estimate of drug-likeness (QED) is 0.0252. The molecule has 2 aliphatic heterocycles. The second kappa shape index (κ2) is 25.6. The number of carbonyl (C=O) groups excluding carboxylic acids is 7. The minimum atomic E-state index is -1.41. The van der Waals surface area contributed by atoms with Crippen LogP contribution in [0.1, 0.15) is 100 Å². The highest BCUT2D eigenvalue weighted by Crippen LogP contribution is 2.28. The Labute approximate surface area is 372 Å². The maximum absolute atomic E-state index is 14.4.